The first-order valence-electron chi connectivity index (χ1n) is 9.32. The Hall–Kier alpha value is -2.01. The van der Waals surface area contributed by atoms with E-state index in [0.29, 0.717) is 6.04 Å². The minimum Gasteiger partial charge on any atom is -0.465 e. The number of hydrogen-bond donors (Lipinski definition) is 1. The monoisotopic (exact) mass is 455 g/mol. The first-order valence-corrected chi connectivity index (χ1v) is 13.0. The van der Waals surface area contributed by atoms with Gasteiger partial charge >= 0.3 is 11.9 Å². The maximum Gasteiger partial charge on any atom is 0.323 e. The fourth-order valence-electron chi connectivity index (χ4n) is 2.47. The van der Waals surface area contributed by atoms with E-state index < -0.39 is 66.8 Å². The van der Waals surface area contributed by atoms with E-state index in [1.165, 1.54) is 0 Å². The molecule has 1 unspecified atom stereocenters. The molecule has 1 rings (SSSR count). The summed E-state index contributed by atoms with van der Waals surface area (Å²) in [4.78, 5) is 24.7. The van der Waals surface area contributed by atoms with Crippen LogP contribution in [-0.4, -0.2) is 32.7 Å². The van der Waals surface area contributed by atoms with Gasteiger partial charge in [-0.1, -0.05) is 33.5 Å². The number of esters is 2. The van der Waals surface area contributed by atoms with Gasteiger partial charge in [0.25, 0.3) is 0 Å². The molecule has 2 atom stereocenters. The first-order chi connectivity index (χ1) is 13.7. The minimum absolute atomic E-state index is 0.0431. The second-order valence-corrected chi connectivity index (χ2v) is 14.2. The molecule has 0 aromatic heterocycles. The minimum atomic E-state index is -2.38. The second kappa shape index (κ2) is 10.3. The molecule has 0 saturated heterocycles. The van der Waals surface area contributed by atoms with Crippen LogP contribution in [0, 0.1) is 40.9 Å². The average molecular weight is 455 g/mol. The van der Waals surface area contributed by atoms with E-state index in [-0.39, 0.29) is 18.9 Å². The SMILES string of the molecule is CC(C)C[C@@H](C(=O)Oc1c(F)c(F)c(F)c(F)c1F)C(N)C(=O)OCC[Si](C)(C)C. The highest BCUT2D eigenvalue weighted by atomic mass is 28.3. The van der Waals surface area contributed by atoms with Crippen LogP contribution in [0.15, 0.2) is 0 Å². The molecule has 0 aliphatic rings. The summed E-state index contributed by atoms with van der Waals surface area (Å²) in [5.41, 5.74) is 5.81. The third kappa shape index (κ3) is 6.76. The summed E-state index contributed by atoms with van der Waals surface area (Å²) in [5, 5.41) is 0. The lowest BCUT2D eigenvalue weighted by Crippen LogP contribution is -2.45. The molecule has 0 heterocycles. The largest absolute Gasteiger partial charge is 0.465 e. The summed E-state index contributed by atoms with van der Waals surface area (Å²) in [5.74, 6) is -17.2. The van der Waals surface area contributed by atoms with Gasteiger partial charge in [-0.3, -0.25) is 9.59 Å². The van der Waals surface area contributed by atoms with Gasteiger partial charge in [0.15, 0.2) is 0 Å². The summed E-state index contributed by atoms with van der Waals surface area (Å²) in [6, 6.07) is -0.891. The number of hydrogen-bond acceptors (Lipinski definition) is 5. The molecule has 1 aromatic rings. The predicted molar refractivity (Wildman–Crippen MR) is 102 cm³/mol. The van der Waals surface area contributed by atoms with E-state index in [1.807, 2.05) is 0 Å². The third-order valence-electron chi connectivity index (χ3n) is 4.20. The normalized spacial score (nSPS) is 13.9. The van der Waals surface area contributed by atoms with Crippen molar-refractivity contribution in [3.8, 4) is 5.75 Å². The Balaban J connectivity index is 3.07. The summed E-state index contributed by atoms with van der Waals surface area (Å²) in [7, 11) is -1.51. The maximum atomic E-state index is 13.8. The lowest BCUT2D eigenvalue weighted by Gasteiger charge is -2.23. The van der Waals surface area contributed by atoms with E-state index in [9.17, 15) is 31.5 Å². The van der Waals surface area contributed by atoms with Gasteiger partial charge < -0.3 is 15.2 Å². The molecular formula is C19H26F5NO4Si. The van der Waals surface area contributed by atoms with E-state index in [2.05, 4.69) is 24.4 Å². The first kappa shape index (κ1) is 26.0. The number of carbonyl (C=O) groups is 2. The summed E-state index contributed by atoms with van der Waals surface area (Å²) < 4.78 is 77.0. The van der Waals surface area contributed by atoms with Crippen molar-refractivity contribution in [1.29, 1.82) is 0 Å². The van der Waals surface area contributed by atoms with Crippen LogP contribution in [0.4, 0.5) is 22.0 Å². The Morgan fingerprint density at radius 1 is 0.900 bits per heavy atom. The molecule has 11 heteroatoms. The summed E-state index contributed by atoms with van der Waals surface area (Å²) in [6.07, 6.45) is -0.0431. The Labute approximate surface area is 172 Å². The quantitative estimate of drug-likeness (QED) is 0.151. The smallest absolute Gasteiger partial charge is 0.323 e. The average Bonchev–Trinajstić information content (AvgIpc) is 2.64. The van der Waals surface area contributed by atoms with Gasteiger partial charge in [0.1, 0.15) is 6.04 Å². The molecule has 0 amide bonds. The molecule has 2 N–H and O–H groups in total. The Bertz CT molecular complexity index is 769. The van der Waals surface area contributed by atoms with E-state index in [1.54, 1.807) is 13.8 Å². The van der Waals surface area contributed by atoms with Crippen molar-refractivity contribution in [1.82, 2.24) is 0 Å². The molecule has 0 aliphatic heterocycles. The number of rotatable bonds is 9. The Morgan fingerprint density at radius 3 is 1.80 bits per heavy atom. The molecule has 5 nitrogen and oxygen atoms in total. The van der Waals surface area contributed by atoms with Gasteiger partial charge in [-0.2, -0.15) is 8.78 Å². The fourth-order valence-corrected chi connectivity index (χ4v) is 3.18. The second-order valence-electron chi connectivity index (χ2n) is 8.56. The topological polar surface area (TPSA) is 78.6 Å². The third-order valence-corrected chi connectivity index (χ3v) is 5.91. The molecule has 170 valence electrons. The summed E-state index contributed by atoms with van der Waals surface area (Å²) in [6.45, 7) is 9.63. The molecular weight excluding hydrogens is 429 g/mol. The molecule has 0 spiro atoms. The maximum absolute atomic E-state index is 13.8. The fraction of sp³-hybridized carbons (Fsp3) is 0.579. The van der Waals surface area contributed by atoms with Gasteiger partial charge in [0.05, 0.1) is 12.5 Å². The van der Waals surface area contributed by atoms with Crippen molar-refractivity contribution in [2.75, 3.05) is 6.61 Å². The van der Waals surface area contributed by atoms with Crippen molar-refractivity contribution >= 4 is 20.0 Å². The number of carbonyl (C=O) groups excluding carboxylic acids is 2. The number of nitrogens with two attached hydrogens (primary N) is 1. The molecule has 1 aromatic carbocycles. The van der Waals surface area contributed by atoms with Crippen LogP contribution in [0.1, 0.15) is 20.3 Å². The highest BCUT2D eigenvalue weighted by molar-refractivity contribution is 6.76. The van der Waals surface area contributed by atoms with E-state index in [0.717, 1.165) is 0 Å². The van der Waals surface area contributed by atoms with Crippen LogP contribution in [-0.2, 0) is 14.3 Å². The predicted octanol–water partition coefficient (Wildman–Crippen LogP) is 4.16. The van der Waals surface area contributed by atoms with Crippen molar-refractivity contribution in [2.24, 2.45) is 17.6 Å². The number of ether oxygens (including phenoxy) is 2. The van der Waals surface area contributed by atoms with Gasteiger partial charge in [-0.05, 0) is 18.4 Å². The Morgan fingerprint density at radius 2 is 1.37 bits per heavy atom. The van der Waals surface area contributed by atoms with Gasteiger partial charge in [0.2, 0.25) is 34.8 Å². The molecule has 0 radical (unpaired) electrons. The van der Waals surface area contributed by atoms with E-state index >= 15 is 0 Å². The van der Waals surface area contributed by atoms with Crippen LogP contribution >= 0.6 is 0 Å². The molecule has 0 fully saturated rings. The Kier molecular flexibility index (Phi) is 8.97. The van der Waals surface area contributed by atoms with Crippen LogP contribution in [0.2, 0.25) is 25.7 Å². The van der Waals surface area contributed by atoms with Crippen LogP contribution < -0.4 is 10.5 Å². The van der Waals surface area contributed by atoms with Crippen molar-refractivity contribution in [2.45, 2.75) is 52.0 Å². The van der Waals surface area contributed by atoms with Crippen LogP contribution in [0.5, 0.6) is 5.75 Å². The number of halogens is 5. The van der Waals surface area contributed by atoms with Gasteiger partial charge in [-0.25, -0.2) is 13.2 Å². The zero-order chi connectivity index (χ0) is 23.4. The van der Waals surface area contributed by atoms with Crippen molar-refractivity contribution < 1.29 is 41.0 Å². The van der Waals surface area contributed by atoms with Crippen molar-refractivity contribution in [3.05, 3.63) is 29.1 Å². The number of benzene rings is 1. The van der Waals surface area contributed by atoms with Crippen molar-refractivity contribution in [3.63, 3.8) is 0 Å². The zero-order valence-electron chi connectivity index (χ0n) is 17.5. The van der Waals surface area contributed by atoms with Crippen LogP contribution in [0.25, 0.3) is 0 Å². The summed E-state index contributed by atoms with van der Waals surface area (Å²) >= 11 is 0. The van der Waals surface area contributed by atoms with Gasteiger partial charge in [-0.15, -0.1) is 0 Å². The standard InChI is InChI=1S/C19H26F5NO4Si/c1-9(2)8-10(16(25)19(27)28-6-7-30(3,4)5)18(26)29-17-14(23)12(21)11(20)13(22)15(17)24/h9-10,16H,6-8,25H2,1-5H3/t10-,16?/m1/s1. The molecule has 0 bridgehead atoms. The highest BCUT2D eigenvalue weighted by Crippen LogP contribution is 2.30. The lowest BCUT2D eigenvalue weighted by molar-refractivity contribution is -0.152. The van der Waals surface area contributed by atoms with Crippen LogP contribution in [0.3, 0.4) is 0 Å². The van der Waals surface area contributed by atoms with E-state index in [4.69, 9.17) is 10.5 Å². The molecule has 30 heavy (non-hydrogen) atoms. The zero-order valence-corrected chi connectivity index (χ0v) is 18.5. The highest BCUT2D eigenvalue weighted by Gasteiger charge is 2.36. The lowest BCUT2D eigenvalue weighted by atomic mass is 9.91. The van der Waals surface area contributed by atoms with Gasteiger partial charge in [0, 0.05) is 8.07 Å². The molecule has 0 saturated carbocycles. The molecule has 0 aliphatic carbocycles.